The first-order valence-corrected chi connectivity index (χ1v) is 6.37. The van der Waals surface area contributed by atoms with Gasteiger partial charge >= 0.3 is 5.97 Å². The molecular formula is C13H15ClFNO2. The lowest BCUT2D eigenvalue weighted by Gasteiger charge is -2.21. The lowest BCUT2D eigenvalue weighted by molar-refractivity contribution is -0.142. The monoisotopic (exact) mass is 271 g/mol. The average molecular weight is 272 g/mol. The SMILES string of the molecule is O=C(O)[C@H]1CCCN1CCc1c(F)cccc1Cl. The zero-order chi connectivity index (χ0) is 13.1. The summed E-state index contributed by atoms with van der Waals surface area (Å²) in [6, 6.07) is 4.16. The second-order valence-corrected chi connectivity index (χ2v) is 4.89. The molecule has 1 N–H and O–H groups in total. The zero-order valence-corrected chi connectivity index (χ0v) is 10.7. The van der Waals surface area contributed by atoms with Crippen molar-refractivity contribution in [2.24, 2.45) is 0 Å². The van der Waals surface area contributed by atoms with Crippen LogP contribution in [0.1, 0.15) is 18.4 Å². The highest BCUT2D eigenvalue weighted by Gasteiger charge is 2.30. The topological polar surface area (TPSA) is 40.5 Å². The number of benzene rings is 1. The highest BCUT2D eigenvalue weighted by Crippen LogP contribution is 2.22. The highest BCUT2D eigenvalue weighted by atomic mass is 35.5. The van der Waals surface area contributed by atoms with E-state index in [0.29, 0.717) is 30.0 Å². The van der Waals surface area contributed by atoms with Crippen molar-refractivity contribution in [3.05, 3.63) is 34.6 Å². The second-order valence-electron chi connectivity index (χ2n) is 4.48. The van der Waals surface area contributed by atoms with Crippen molar-refractivity contribution >= 4 is 17.6 Å². The number of carbonyl (C=O) groups is 1. The van der Waals surface area contributed by atoms with Crippen molar-refractivity contribution in [1.82, 2.24) is 4.90 Å². The van der Waals surface area contributed by atoms with Crippen LogP contribution in [0.25, 0.3) is 0 Å². The summed E-state index contributed by atoms with van der Waals surface area (Å²) in [5.74, 6) is -1.12. The lowest BCUT2D eigenvalue weighted by atomic mass is 10.1. The van der Waals surface area contributed by atoms with E-state index in [1.165, 1.54) is 6.07 Å². The van der Waals surface area contributed by atoms with Gasteiger partial charge in [-0.15, -0.1) is 0 Å². The van der Waals surface area contributed by atoms with Gasteiger partial charge in [0.15, 0.2) is 0 Å². The number of carboxylic acid groups (broad SMARTS) is 1. The van der Waals surface area contributed by atoms with Crippen molar-refractivity contribution in [3.63, 3.8) is 0 Å². The van der Waals surface area contributed by atoms with E-state index in [2.05, 4.69) is 0 Å². The number of rotatable bonds is 4. The first-order valence-electron chi connectivity index (χ1n) is 5.99. The summed E-state index contributed by atoms with van der Waals surface area (Å²) in [6.07, 6.45) is 1.98. The van der Waals surface area contributed by atoms with Crippen LogP contribution < -0.4 is 0 Å². The van der Waals surface area contributed by atoms with Gasteiger partial charge < -0.3 is 5.11 Å². The van der Waals surface area contributed by atoms with Crippen LogP contribution in [0.15, 0.2) is 18.2 Å². The summed E-state index contributed by atoms with van der Waals surface area (Å²) in [7, 11) is 0. The number of carboxylic acids is 1. The minimum Gasteiger partial charge on any atom is -0.480 e. The van der Waals surface area contributed by atoms with Crippen LogP contribution in [-0.2, 0) is 11.2 Å². The molecule has 0 bridgehead atoms. The van der Waals surface area contributed by atoms with Crippen LogP contribution in [0, 0.1) is 5.82 Å². The molecule has 0 spiro atoms. The summed E-state index contributed by atoms with van der Waals surface area (Å²) in [5, 5.41) is 9.45. The van der Waals surface area contributed by atoms with Crippen molar-refractivity contribution in [3.8, 4) is 0 Å². The van der Waals surface area contributed by atoms with Crippen molar-refractivity contribution in [2.45, 2.75) is 25.3 Å². The Bertz CT molecular complexity index is 432. The van der Waals surface area contributed by atoms with E-state index >= 15 is 0 Å². The fourth-order valence-electron chi connectivity index (χ4n) is 2.40. The van der Waals surface area contributed by atoms with Gasteiger partial charge in [0.05, 0.1) is 0 Å². The quantitative estimate of drug-likeness (QED) is 0.915. The maximum absolute atomic E-state index is 13.6. The number of hydrogen-bond acceptors (Lipinski definition) is 2. The number of aliphatic carboxylic acids is 1. The Balaban J connectivity index is 2.01. The molecule has 1 heterocycles. The lowest BCUT2D eigenvalue weighted by Crippen LogP contribution is -2.37. The average Bonchev–Trinajstić information content (AvgIpc) is 2.76. The maximum Gasteiger partial charge on any atom is 0.320 e. The van der Waals surface area contributed by atoms with Gasteiger partial charge in [0.25, 0.3) is 0 Å². The van der Waals surface area contributed by atoms with Gasteiger partial charge in [-0.1, -0.05) is 17.7 Å². The molecule has 3 nitrogen and oxygen atoms in total. The van der Waals surface area contributed by atoms with Gasteiger partial charge in [-0.2, -0.15) is 0 Å². The van der Waals surface area contributed by atoms with Gasteiger partial charge in [0.2, 0.25) is 0 Å². The Hall–Kier alpha value is -1.13. The molecule has 1 atom stereocenters. The predicted octanol–water partition coefficient (Wildman–Crippen LogP) is 2.57. The summed E-state index contributed by atoms with van der Waals surface area (Å²) < 4.78 is 13.6. The first kappa shape index (κ1) is 13.3. The number of nitrogens with zero attached hydrogens (tertiary/aromatic N) is 1. The minimum atomic E-state index is -0.799. The summed E-state index contributed by atoms with van der Waals surface area (Å²) in [6.45, 7) is 1.28. The van der Waals surface area contributed by atoms with E-state index in [-0.39, 0.29) is 5.82 Å². The molecule has 1 aliphatic heterocycles. The molecule has 18 heavy (non-hydrogen) atoms. The van der Waals surface area contributed by atoms with Crippen molar-refractivity contribution in [1.29, 1.82) is 0 Å². The molecular weight excluding hydrogens is 257 g/mol. The predicted molar refractivity (Wildman–Crippen MR) is 67.3 cm³/mol. The number of hydrogen-bond donors (Lipinski definition) is 1. The molecule has 0 unspecified atom stereocenters. The second kappa shape index (κ2) is 5.67. The maximum atomic E-state index is 13.6. The molecule has 0 radical (unpaired) electrons. The summed E-state index contributed by atoms with van der Waals surface area (Å²) in [4.78, 5) is 12.9. The third-order valence-electron chi connectivity index (χ3n) is 3.36. The van der Waals surface area contributed by atoms with E-state index in [1.54, 1.807) is 12.1 Å². The number of likely N-dealkylation sites (tertiary alicyclic amines) is 1. The zero-order valence-electron chi connectivity index (χ0n) is 9.90. The van der Waals surface area contributed by atoms with E-state index < -0.39 is 12.0 Å². The molecule has 0 amide bonds. The Morgan fingerprint density at radius 3 is 3.00 bits per heavy atom. The van der Waals surface area contributed by atoms with Gasteiger partial charge in [-0.25, -0.2) is 4.39 Å². The van der Waals surface area contributed by atoms with Gasteiger partial charge in [-0.05, 0) is 37.9 Å². The Morgan fingerprint density at radius 1 is 1.56 bits per heavy atom. The molecule has 1 aromatic carbocycles. The van der Waals surface area contributed by atoms with Gasteiger partial charge in [0, 0.05) is 17.1 Å². The van der Waals surface area contributed by atoms with Crippen molar-refractivity contribution < 1.29 is 14.3 Å². The molecule has 1 aromatic rings. The molecule has 0 saturated carbocycles. The van der Waals surface area contributed by atoms with Crippen LogP contribution >= 0.6 is 11.6 Å². The third kappa shape index (κ3) is 2.82. The summed E-state index contributed by atoms with van der Waals surface area (Å²) in [5.41, 5.74) is 0.468. The Kier molecular flexibility index (Phi) is 4.19. The van der Waals surface area contributed by atoms with Crippen LogP contribution in [0.5, 0.6) is 0 Å². The molecule has 1 aliphatic rings. The third-order valence-corrected chi connectivity index (χ3v) is 3.71. The largest absolute Gasteiger partial charge is 0.480 e. The van der Waals surface area contributed by atoms with Gasteiger partial charge in [0.1, 0.15) is 11.9 Å². The Morgan fingerprint density at radius 2 is 2.33 bits per heavy atom. The fourth-order valence-corrected chi connectivity index (χ4v) is 2.66. The van der Waals surface area contributed by atoms with Gasteiger partial charge in [-0.3, -0.25) is 9.69 Å². The fraction of sp³-hybridized carbons (Fsp3) is 0.462. The van der Waals surface area contributed by atoms with Crippen LogP contribution in [-0.4, -0.2) is 35.1 Å². The van der Waals surface area contributed by atoms with E-state index in [0.717, 1.165) is 13.0 Å². The molecule has 5 heteroatoms. The molecule has 2 rings (SSSR count). The van der Waals surface area contributed by atoms with Crippen molar-refractivity contribution in [2.75, 3.05) is 13.1 Å². The molecule has 1 saturated heterocycles. The Labute approximate surface area is 110 Å². The molecule has 98 valence electrons. The normalized spacial score (nSPS) is 20.2. The molecule has 0 aliphatic carbocycles. The van der Waals surface area contributed by atoms with E-state index in [1.807, 2.05) is 4.90 Å². The standard InChI is InChI=1S/C13H15ClFNO2/c14-10-3-1-4-11(15)9(10)6-8-16-7-2-5-12(16)13(17)18/h1,3-4,12H,2,5-8H2,(H,17,18)/t12-/m1/s1. The molecule has 0 aromatic heterocycles. The van der Waals surface area contributed by atoms with E-state index in [9.17, 15) is 9.18 Å². The molecule has 1 fully saturated rings. The van der Waals surface area contributed by atoms with Crippen LogP contribution in [0.2, 0.25) is 5.02 Å². The number of halogens is 2. The van der Waals surface area contributed by atoms with Crippen LogP contribution in [0.4, 0.5) is 4.39 Å². The van der Waals surface area contributed by atoms with Crippen LogP contribution in [0.3, 0.4) is 0 Å². The highest BCUT2D eigenvalue weighted by molar-refractivity contribution is 6.31. The van der Waals surface area contributed by atoms with E-state index in [4.69, 9.17) is 16.7 Å². The smallest absolute Gasteiger partial charge is 0.320 e. The minimum absolute atomic E-state index is 0.325. The summed E-state index contributed by atoms with van der Waals surface area (Å²) >= 11 is 5.94. The first-order chi connectivity index (χ1) is 8.59.